The van der Waals surface area contributed by atoms with E-state index in [0.717, 1.165) is 20.8 Å². The Labute approximate surface area is 133 Å². The van der Waals surface area contributed by atoms with Crippen molar-refractivity contribution in [3.05, 3.63) is 0 Å². The van der Waals surface area contributed by atoms with E-state index in [0.29, 0.717) is 0 Å². The minimum Gasteiger partial charge on any atom is -0.743 e. The molecule has 0 heterocycles. The molecule has 5 nitrogen and oxygen atoms in total. The summed E-state index contributed by atoms with van der Waals surface area (Å²) < 4.78 is 96.9. The Balaban J connectivity index is 0. The first kappa shape index (κ1) is 22.3. The summed E-state index contributed by atoms with van der Waals surface area (Å²) in [7, 11) is -6.66. The Morgan fingerprint density at radius 1 is 1.10 bits per heavy atom. The largest absolute Gasteiger partial charge is 1.00 e. The Bertz CT molecular complexity index is 453. The SMILES string of the molecule is CC(C)(C)C(=O)OC(C(F)(F)F)C(F)(F)S(=O)(=O)[O-].[Na+]. The molecule has 0 aliphatic carbocycles. The molecule has 0 aromatic heterocycles. The van der Waals surface area contributed by atoms with Gasteiger partial charge in [-0.1, -0.05) is 0 Å². The van der Waals surface area contributed by atoms with E-state index in [1.54, 1.807) is 0 Å². The molecule has 0 N–H and O–H groups in total. The van der Waals surface area contributed by atoms with Crippen molar-refractivity contribution >= 4 is 16.1 Å². The van der Waals surface area contributed by atoms with Gasteiger partial charge in [0.15, 0.2) is 10.1 Å². The summed E-state index contributed by atoms with van der Waals surface area (Å²) in [5, 5.41) is -5.81. The third-order valence-electron chi connectivity index (χ3n) is 1.77. The smallest absolute Gasteiger partial charge is 0.743 e. The summed E-state index contributed by atoms with van der Waals surface area (Å²) in [6, 6.07) is 0. The first-order valence-corrected chi connectivity index (χ1v) is 6.03. The van der Waals surface area contributed by atoms with Crippen LogP contribution in [0.15, 0.2) is 0 Å². The normalized spacial score (nSPS) is 15.2. The molecule has 0 fully saturated rings. The molecule has 0 spiro atoms. The second-order valence-corrected chi connectivity index (χ2v) is 6.05. The molecule has 1 atom stereocenters. The molecule has 0 aromatic carbocycles. The summed E-state index contributed by atoms with van der Waals surface area (Å²) in [6.07, 6.45) is -10.3. The Morgan fingerprint density at radius 2 is 1.45 bits per heavy atom. The molecule has 0 aliphatic heterocycles. The van der Waals surface area contributed by atoms with Gasteiger partial charge in [0.05, 0.1) is 5.41 Å². The van der Waals surface area contributed by atoms with Crippen molar-refractivity contribution in [1.29, 1.82) is 0 Å². The number of carbonyl (C=O) groups is 1. The van der Waals surface area contributed by atoms with Crippen LogP contribution in [-0.2, 0) is 19.6 Å². The Hall–Kier alpha value is 0.0300. The van der Waals surface area contributed by atoms with Gasteiger partial charge in [-0.15, -0.1) is 0 Å². The van der Waals surface area contributed by atoms with Gasteiger partial charge in [-0.2, -0.15) is 22.0 Å². The monoisotopic (exact) mass is 336 g/mol. The summed E-state index contributed by atoms with van der Waals surface area (Å²) in [5.41, 5.74) is -1.59. The van der Waals surface area contributed by atoms with Crippen molar-refractivity contribution in [3.63, 3.8) is 0 Å². The molecule has 0 radical (unpaired) electrons. The number of rotatable bonds is 3. The van der Waals surface area contributed by atoms with Gasteiger partial charge >= 0.3 is 47.0 Å². The number of hydrogen-bond acceptors (Lipinski definition) is 5. The van der Waals surface area contributed by atoms with Crippen LogP contribution < -0.4 is 29.6 Å². The summed E-state index contributed by atoms with van der Waals surface area (Å²) in [6.45, 7) is 3.19. The van der Waals surface area contributed by atoms with Crippen LogP contribution in [0.3, 0.4) is 0 Å². The summed E-state index contributed by atoms with van der Waals surface area (Å²) in [5.74, 6) is -1.72. The van der Waals surface area contributed by atoms with Crippen LogP contribution in [0.2, 0.25) is 0 Å². The van der Waals surface area contributed by atoms with Crippen molar-refractivity contribution in [2.75, 3.05) is 0 Å². The fraction of sp³-hybridized carbons (Fsp3) is 0.875. The summed E-state index contributed by atoms with van der Waals surface area (Å²) >= 11 is 0. The zero-order valence-corrected chi connectivity index (χ0v) is 13.7. The van der Waals surface area contributed by atoms with Crippen molar-refractivity contribution in [2.45, 2.75) is 38.3 Å². The second-order valence-electron chi connectivity index (χ2n) is 4.59. The van der Waals surface area contributed by atoms with E-state index in [4.69, 9.17) is 0 Å². The number of carbonyl (C=O) groups excluding carboxylic acids is 1. The maximum absolute atomic E-state index is 12.9. The molecule has 12 heteroatoms. The molecule has 0 rings (SSSR count). The molecule has 0 amide bonds. The molecule has 1 unspecified atom stereocenters. The minimum absolute atomic E-state index is 0. The number of ether oxygens (including phenoxy) is 1. The number of halogens is 5. The van der Waals surface area contributed by atoms with Crippen LogP contribution in [-0.4, -0.2) is 36.5 Å². The third-order valence-corrected chi connectivity index (χ3v) is 2.65. The molecule has 114 valence electrons. The van der Waals surface area contributed by atoms with E-state index in [9.17, 15) is 39.7 Å². The molecule has 0 aromatic rings. The molecular weight excluding hydrogens is 326 g/mol. The predicted molar refractivity (Wildman–Crippen MR) is 50.0 cm³/mol. The Morgan fingerprint density at radius 3 is 1.65 bits per heavy atom. The zero-order chi connectivity index (χ0) is 15.9. The standard InChI is InChI=1S/C8H11F5O5S.Na/c1-6(2,3)5(14)18-4(7(9,10)11)8(12,13)19(15,16)17;/h4H,1-3H3,(H,15,16,17);/q;+1/p-1. The predicted octanol–water partition coefficient (Wildman–Crippen LogP) is -1.35. The maximum Gasteiger partial charge on any atom is 1.00 e. The molecule has 0 saturated heterocycles. The fourth-order valence-corrected chi connectivity index (χ4v) is 1.18. The summed E-state index contributed by atoms with van der Waals surface area (Å²) in [4.78, 5) is 11.1. The third kappa shape index (κ3) is 5.43. The van der Waals surface area contributed by atoms with Gasteiger partial charge < -0.3 is 9.29 Å². The Kier molecular flexibility index (Phi) is 7.17. The van der Waals surface area contributed by atoms with Crippen molar-refractivity contribution in [2.24, 2.45) is 5.41 Å². The van der Waals surface area contributed by atoms with Gasteiger partial charge in [0.2, 0.25) is 0 Å². The van der Waals surface area contributed by atoms with Gasteiger partial charge in [0.1, 0.15) is 0 Å². The van der Waals surface area contributed by atoms with Crippen LogP contribution in [0.4, 0.5) is 22.0 Å². The quantitative estimate of drug-likeness (QED) is 0.275. The number of alkyl halides is 5. The van der Waals surface area contributed by atoms with Crippen molar-refractivity contribution in [1.82, 2.24) is 0 Å². The second kappa shape index (κ2) is 6.42. The van der Waals surface area contributed by atoms with E-state index in [1.165, 1.54) is 0 Å². The minimum atomic E-state index is -6.66. The van der Waals surface area contributed by atoms with Crippen molar-refractivity contribution in [3.8, 4) is 0 Å². The van der Waals surface area contributed by atoms with Gasteiger partial charge in [-0.25, -0.2) is 8.42 Å². The van der Waals surface area contributed by atoms with Crippen LogP contribution >= 0.6 is 0 Å². The zero-order valence-electron chi connectivity index (χ0n) is 10.9. The topological polar surface area (TPSA) is 83.5 Å². The van der Waals surface area contributed by atoms with Crippen LogP contribution in [0.25, 0.3) is 0 Å². The molecule has 0 aliphatic rings. The fourth-order valence-electron chi connectivity index (χ4n) is 0.741. The van der Waals surface area contributed by atoms with Gasteiger partial charge in [0.25, 0.3) is 6.10 Å². The van der Waals surface area contributed by atoms with Gasteiger partial charge in [-0.05, 0) is 20.8 Å². The maximum atomic E-state index is 12.9. The number of hydrogen-bond donors (Lipinski definition) is 0. The van der Waals surface area contributed by atoms with Crippen LogP contribution in [0.1, 0.15) is 20.8 Å². The van der Waals surface area contributed by atoms with E-state index in [2.05, 4.69) is 4.74 Å². The van der Waals surface area contributed by atoms with E-state index in [-0.39, 0.29) is 29.6 Å². The van der Waals surface area contributed by atoms with Gasteiger partial charge in [0, 0.05) is 0 Å². The average Bonchev–Trinajstić information content (AvgIpc) is 2.07. The van der Waals surface area contributed by atoms with Crippen LogP contribution in [0.5, 0.6) is 0 Å². The van der Waals surface area contributed by atoms with E-state index in [1.807, 2.05) is 0 Å². The first-order valence-electron chi connectivity index (χ1n) is 4.62. The van der Waals surface area contributed by atoms with Crippen molar-refractivity contribution < 1.29 is 74.0 Å². The van der Waals surface area contributed by atoms with E-state index < -0.39 is 39.0 Å². The van der Waals surface area contributed by atoms with E-state index >= 15 is 0 Å². The molecule has 20 heavy (non-hydrogen) atoms. The molecular formula is C8H10F5NaO5S. The first-order chi connectivity index (χ1) is 8.01. The molecule has 0 bridgehead atoms. The van der Waals surface area contributed by atoms with Crippen LogP contribution in [0, 0.1) is 5.41 Å². The average molecular weight is 336 g/mol. The molecule has 0 saturated carbocycles. The van der Waals surface area contributed by atoms with Gasteiger partial charge in [-0.3, -0.25) is 4.79 Å². The number of esters is 1.